The minimum atomic E-state index is -0.317. The third kappa shape index (κ3) is 2.85. The molecule has 2 aliphatic carbocycles. The van der Waals surface area contributed by atoms with Crippen LogP contribution in [0.25, 0.3) is 0 Å². The lowest BCUT2D eigenvalue weighted by Crippen LogP contribution is -2.47. The summed E-state index contributed by atoms with van der Waals surface area (Å²) in [5.74, 6) is 1.50. The van der Waals surface area contributed by atoms with Crippen molar-refractivity contribution in [2.24, 2.45) is 23.2 Å². The topological polar surface area (TPSA) is 38.8 Å². The molecule has 0 aromatic rings. The zero-order chi connectivity index (χ0) is 17.5. The van der Waals surface area contributed by atoms with Crippen LogP contribution < -0.4 is 0 Å². The molecule has 1 aliphatic heterocycles. The van der Waals surface area contributed by atoms with Gasteiger partial charge >= 0.3 is 5.97 Å². The number of rotatable bonds is 5. The molecular formula is C21H32O3. The molecule has 134 valence electrons. The summed E-state index contributed by atoms with van der Waals surface area (Å²) in [5, 5.41) is 0. The second-order valence-electron chi connectivity index (χ2n) is 8.45. The lowest BCUT2D eigenvalue weighted by molar-refractivity contribution is -0.161. The second kappa shape index (κ2) is 6.33. The highest BCUT2D eigenvalue weighted by atomic mass is 16.6. The first-order chi connectivity index (χ1) is 11.4. The fourth-order valence-electron chi connectivity index (χ4n) is 5.44. The highest BCUT2D eigenvalue weighted by molar-refractivity contribution is 5.77. The fourth-order valence-corrected chi connectivity index (χ4v) is 5.44. The van der Waals surface area contributed by atoms with Gasteiger partial charge in [0.15, 0.2) is 0 Å². The quantitative estimate of drug-likeness (QED) is 0.417. The van der Waals surface area contributed by atoms with Gasteiger partial charge in [0, 0.05) is 0 Å². The number of carbonyl (C=O) groups excluding carboxylic acids is 1. The molecule has 1 saturated heterocycles. The summed E-state index contributed by atoms with van der Waals surface area (Å²) in [4.78, 5) is 12.5. The van der Waals surface area contributed by atoms with Crippen molar-refractivity contribution in [1.82, 2.24) is 0 Å². The van der Waals surface area contributed by atoms with E-state index in [1.54, 1.807) is 0 Å². The van der Waals surface area contributed by atoms with E-state index in [0.717, 1.165) is 38.5 Å². The molecule has 0 aromatic heterocycles. The zero-order valence-electron chi connectivity index (χ0n) is 15.5. The molecule has 0 spiro atoms. The Kier molecular flexibility index (Phi) is 4.67. The van der Waals surface area contributed by atoms with Crippen LogP contribution in [-0.4, -0.2) is 24.8 Å². The molecule has 6 atom stereocenters. The van der Waals surface area contributed by atoms with Gasteiger partial charge in [-0.1, -0.05) is 24.6 Å². The van der Waals surface area contributed by atoms with E-state index < -0.39 is 0 Å². The largest absolute Gasteiger partial charge is 0.469 e. The number of esters is 1. The minimum Gasteiger partial charge on any atom is -0.469 e. The molecule has 0 radical (unpaired) electrons. The predicted molar refractivity (Wildman–Crippen MR) is 95.5 cm³/mol. The average molecular weight is 332 g/mol. The van der Waals surface area contributed by atoms with Gasteiger partial charge in [-0.25, -0.2) is 0 Å². The highest BCUT2D eigenvalue weighted by Gasteiger charge is 2.53. The van der Waals surface area contributed by atoms with E-state index in [9.17, 15) is 4.79 Å². The van der Waals surface area contributed by atoms with E-state index >= 15 is 0 Å². The van der Waals surface area contributed by atoms with Gasteiger partial charge < -0.3 is 9.47 Å². The Balaban J connectivity index is 1.71. The maximum atomic E-state index is 12.5. The molecule has 2 saturated carbocycles. The molecule has 24 heavy (non-hydrogen) atoms. The maximum absolute atomic E-state index is 12.5. The van der Waals surface area contributed by atoms with Crippen LogP contribution in [0.2, 0.25) is 0 Å². The normalized spacial score (nSPS) is 44.5. The van der Waals surface area contributed by atoms with E-state index in [1.165, 1.54) is 19.1 Å². The summed E-state index contributed by atoms with van der Waals surface area (Å²) in [6.45, 7) is 12.5. The molecule has 1 heterocycles. The predicted octanol–water partition coefficient (Wildman–Crippen LogP) is 4.67. The Hall–Kier alpha value is -1.09. The Morgan fingerprint density at radius 3 is 2.75 bits per heavy atom. The van der Waals surface area contributed by atoms with Gasteiger partial charge in [0.1, 0.15) is 5.60 Å². The van der Waals surface area contributed by atoms with Gasteiger partial charge in [-0.15, -0.1) is 6.58 Å². The number of methoxy groups -OCH3 is 1. The molecule has 0 amide bonds. The summed E-state index contributed by atoms with van der Waals surface area (Å²) in [7, 11) is 1.52. The summed E-state index contributed by atoms with van der Waals surface area (Å²) in [6, 6.07) is 0. The van der Waals surface area contributed by atoms with Crippen molar-refractivity contribution in [1.29, 1.82) is 0 Å². The molecule has 0 N–H and O–H groups in total. The molecule has 3 nitrogen and oxygen atoms in total. The maximum Gasteiger partial charge on any atom is 0.311 e. The van der Waals surface area contributed by atoms with Gasteiger partial charge in [-0.2, -0.15) is 0 Å². The summed E-state index contributed by atoms with van der Waals surface area (Å²) in [6.07, 6.45) is 9.81. The molecule has 0 unspecified atom stereocenters. The lowest BCUT2D eigenvalue weighted by Gasteiger charge is -2.50. The van der Waals surface area contributed by atoms with Crippen LogP contribution >= 0.6 is 0 Å². The van der Waals surface area contributed by atoms with Gasteiger partial charge in [0.05, 0.1) is 18.6 Å². The third-order valence-corrected chi connectivity index (χ3v) is 7.16. The van der Waals surface area contributed by atoms with Gasteiger partial charge in [0.25, 0.3) is 0 Å². The third-order valence-electron chi connectivity index (χ3n) is 7.16. The van der Waals surface area contributed by atoms with Gasteiger partial charge in [-0.3, -0.25) is 4.79 Å². The SMILES string of the molecule is C=C[C@]1(C)O[C@@H]1CC[C@@H]1C(=C)CC[C@H]2[C@H]1CCC[C@]2(C)C(=O)OC. The van der Waals surface area contributed by atoms with Crippen molar-refractivity contribution in [3.8, 4) is 0 Å². The van der Waals surface area contributed by atoms with Crippen LogP contribution in [0.4, 0.5) is 0 Å². The van der Waals surface area contributed by atoms with Crippen LogP contribution in [0.5, 0.6) is 0 Å². The lowest BCUT2D eigenvalue weighted by atomic mass is 9.54. The molecule has 0 bridgehead atoms. The number of ether oxygens (including phenoxy) is 2. The Morgan fingerprint density at radius 2 is 2.12 bits per heavy atom. The number of carbonyl (C=O) groups is 1. The molecule has 3 fully saturated rings. The molecule has 3 heteroatoms. The first-order valence-electron chi connectivity index (χ1n) is 9.43. The number of epoxide rings is 1. The Morgan fingerprint density at radius 1 is 1.38 bits per heavy atom. The number of hydrogen-bond donors (Lipinski definition) is 0. The van der Waals surface area contributed by atoms with Crippen LogP contribution in [0.3, 0.4) is 0 Å². The standard InChI is InChI=1S/C21H32O3/c1-6-21(4)18(24-21)12-10-15-14(2)9-11-17-16(15)8-7-13-20(17,3)19(22)23-5/h6,15-18H,1-2,7-13H2,3-5H3/t15-,16+,17+,18-,20+,21+/m1/s1. The first kappa shape index (κ1) is 17.7. The van der Waals surface area contributed by atoms with E-state index in [4.69, 9.17) is 9.47 Å². The van der Waals surface area contributed by atoms with Crippen LogP contribution in [-0.2, 0) is 14.3 Å². The van der Waals surface area contributed by atoms with Crippen LogP contribution in [0.15, 0.2) is 24.8 Å². The smallest absolute Gasteiger partial charge is 0.311 e. The van der Waals surface area contributed by atoms with Crippen molar-refractivity contribution in [2.45, 2.75) is 70.5 Å². The van der Waals surface area contributed by atoms with Crippen LogP contribution in [0.1, 0.15) is 58.8 Å². The molecular weight excluding hydrogens is 300 g/mol. The molecule has 3 rings (SSSR count). The highest BCUT2D eigenvalue weighted by Crippen LogP contribution is 2.55. The number of fused-ring (bicyclic) bond motifs is 1. The van der Waals surface area contributed by atoms with Crippen molar-refractivity contribution in [3.63, 3.8) is 0 Å². The van der Waals surface area contributed by atoms with Gasteiger partial charge in [-0.05, 0) is 70.1 Å². The zero-order valence-corrected chi connectivity index (χ0v) is 15.5. The number of hydrogen-bond acceptors (Lipinski definition) is 3. The second-order valence-corrected chi connectivity index (χ2v) is 8.45. The Labute approximate surface area is 146 Å². The van der Waals surface area contributed by atoms with E-state index in [1.807, 2.05) is 6.08 Å². The number of allylic oxidation sites excluding steroid dienone is 1. The van der Waals surface area contributed by atoms with E-state index in [-0.39, 0.29) is 17.0 Å². The van der Waals surface area contributed by atoms with Crippen molar-refractivity contribution < 1.29 is 14.3 Å². The van der Waals surface area contributed by atoms with Crippen LogP contribution in [0, 0.1) is 23.2 Å². The first-order valence-corrected chi connectivity index (χ1v) is 9.43. The fraction of sp³-hybridized carbons (Fsp3) is 0.762. The molecule has 0 aromatic carbocycles. The average Bonchev–Trinajstić information content (AvgIpc) is 3.24. The van der Waals surface area contributed by atoms with Gasteiger partial charge in [0.2, 0.25) is 0 Å². The van der Waals surface area contributed by atoms with Crippen molar-refractivity contribution in [2.75, 3.05) is 7.11 Å². The van der Waals surface area contributed by atoms with Crippen molar-refractivity contribution >= 4 is 5.97 Å². The Bertz CT molecular complexity index is 539. The molecule has 3 aliphatic rings. The van der Waals surface area contributed by atoms with Crippen molar-refractivity contribution in [3.05, 3.63) is 24.8 Å². The summed E-state index contributed by atoms with van der Waals surface area (Å²) >= 11 is 0. The minimum absolute atomic E-state index is 0.0202. The summed E-state index contributed by atoms with van der Waals surface area (Å²) < 4.78 is 11.0. The summed E-state index contributed by atoms with van der Waals surface area (Å²) in [5.41, 5.74) is 0.941. The van der Waals surface area contributed by atoms with E-state index in [2.05, 4.69) is 27.0 Å². The monoisotopic (exact) mass is 332 g/mol. The van der Waals surface area contributed by atoms with E-state index in [0.29, 0.717) is 23.9 Å².